The molecule has 2 aromatic rings. The maximum Gasteiger partial charge on any atom is 0.269 e. The molecule has 0 aliphatic carbocycles. The van der Waals surface area contributed by atoms with Gasteiger partial charge in [-0.05, 0) is 43.2 Å². The van der Waals surface area contributed by atoms with E-state index in [9.17, 15) is 13.6 Å². The second-order valence-corrected chi connectivity index (χ2v) is 4.45. The van der Waals surface area contributed by atoms with Crippen LogP contribution in [0.2, 0.25) is 0 Å². The first-order valence-corrected chi connectivity index (χ1v) is 6.21. The number of aromatic nitrogens is 1. The molecule has 2 rings (SSSR count). The van der Waals surface area contributed by atoms with Crippen molar-refractivity contribution in [2.45, 2.75) is 13.3 Å². The van der Waals surface area contributed by atoms with Gasteiger partial charge in [-0.25, -0.2) is 13.8 Å². The maximum absolute atomic E-state index is 13.0. The molecule has 0 saturated heterocycles. The Kier molecular flexibility index (Phi) is 4.40. The van der Waals surface area contributed by atoms with Crippen LogP contribution in [0.15, 0.2) is 36.4 Å². The highest BCUT2D eigenvalue weighted by molar-refractivity contribution is 5.92. The van der Waals surface area contributed by atoms with Gasteiger partial charge in [-0.2, -0.15) is 0 Å². The standard InChI is InChI=1S/C15H14F2N2O/c1-10-3-2-4-14(19-10)15(20)18-6-5-11-7-12(16)9-13(17)8-11/h2-4,7-9H,5-6H2,1H3,(H,18,20). The Morgan fingerprint density at radius 3 is 2.55 bits per heavy atom. The minimum atomic E-state index is -0.619. The first kappa shape index (κ1) is 14.1. The summed E-state index contributed by atoms with van der Waals surface area (Å²) in [5, 5.41) is 2.67. The first-order valence-electron chi connectivity index (χ1n) is 6.21. The number of aryl methyl sites for hydroxylation is 1. The SMILES string of the molecule is Cc1cccc(C(=O)NCCc2cc(F)cc(F)c2)n1. The minimum absolute atomic E-state index is 0.289. The van der Waals surface area contributed by atoms with Crippen LogP contribution in [0.5, 0.6) is 0 Å². The van der Waals surface area contributed by atoms with E-state index in [1.807, 2.05) is 0 Å². The molecule has 0 aliphatic rings. The smallest absolute Gasteiger partial charge is 0.269 e. The van der Waals surface area contributed by atoms with E-state index in [0.29, 0.717) is 17.7 Å². The van der Waals surface area contributed by atoms with Crippen LogP contribution in [-0.4, -0.2) is 17.4 Å². The number of nitrogens with one attached hydrogen (secondary N) is 1. The molecular weight excluding hydrogens is 262 g/mol. The molecule has 0 fully saturated rings. The Morgan fingerprint density at radius 1 is 1.20 bits per heavy atom. The lowest BCUT2D eigenvalue weighted by Crippen LogP contribution is -2.26. The van der Waals surface area contributed by atoms with Crippen LogP contribution in [0.4, 0.5) is 8.78 Å². The molecular formula is C15H14F2N2O. The molecule has 0 saturated carbocycles. The fourth-order valence-corrected chi connectivity index (χ4v) is 1.84. The molecule has 0 atom stereocenters. The van der Waals surface area contributed by atoms with Gasteiger partial charge in [0, 0.05) is 18.3 Å². The number of carbonyl (C=O) groups excluding carboxylic acids is 1. The highest BCUT2D eigenvalue weighted by Crippen LogP contribution is 2.08. The van der Waals surface area contributed by atoms with Gasteiger partial charge in [0.2, 0.25) is 0 Å². The van der Waals surface area contributed by atoms with Gasteiger partial charge in [-0.1, -0.05) is 6.07 Å². The van der Waals surface area contributed by atoms with Gasteiger partial charge < -0.3 is 5.32 Å². The fourth-order valence-electron chi connectivity index (χ4n) is 1.84. The molecule has 0 bridgehead atoms. The normalized spacial score (nSPS) is 10.3. The Hall–Kier alpha value is -2.30. The van der Waals surface area contributed by atoms with Crippen molar-refractivity contribution in [2.75, 3.05) is 6.54 Å². The molecule has 1 heterocycles. The van der Waals surface area contributed by atoms with Crippen LogP contribution in [0.3, 0.4) is 0 Å². The van der Waals surface area contributed by atoms with E-state index in [0.717, 1.165) is 11.8 Å². The quantitative estimate of drug-likeness (QED) is 0.932. The van der Waals surface area contributed by atoms with E-state index in [1.54, 1.807) is 25.1 Å². The predicted octanol–water partition coefficient (Wildman–Crippen LogP) is 2.64. The van der Waals surface area contributed by atoms with Gasteiger partial charge in [-0.15, -0.1) is 0 Å². The molecule has 0 aliphatic heterocycles. The Bertz CT molecular complexity index is 609. The van der Waals surface area contributed by atoms with Crippen LogP contribution < -0.4 is 5.32 Å². The topological polar surface area (TPSA) is 42.0 Å². The van der Waals surface area contributed by atoms with Gasteiger partial charge >= 0.3 is 0 Å². The van der Waals surface area contributed by atoms with E-state index < -0.39 is 11.6 Å². The largest absolute Gasteiger partial charge is 0.350 e. The summed E-state index contributed by atoms with van der Waals surface area (Å²) in [6.07, 6.45) is 0.353. The van der Waals surface area contributed by atoms with Crippen LogP contribution >= 0.6 is 0 Å². The molecule has 0 unspecified atom stereocenters. The third kappa shape index (κ3) is 3.85. The lowest BCUT2D eigenvalue weighted by atomic mass is 10.1. The molecule has 1 amide bonds. The highest BCUT2D eigenvalue weighted by atomic mass is 19.1. The van der Waals surface area contributed by atoms with E-state index in [1.165, 1.54) is 12.1 Å². The molecule has 0 radical (unpaired) electrons. The van der Waals surface area contributed by atoms with Crippen molar-refractivity contribution in [3.63, 3.8) is 0 Å². The van der Waals surface area contributed by atoms with Crippen molar-refractivity contribution < 1.29 is 13.6 Å². The fraction of sp³-hybridized carbons (Fsp3) is 0.200. The summed E-state index contributed by atoms with van der Waals surface area (Å²) in [6, 6.07) is 8.48. The second kappa shape index (κ2) is 6.23. The highest BCUT2D eigenvalue weighted by Gasteiger charge is 2.07. The van der Waals surface area contributed by atoms with Gasteiger partial charge in [0.25, 0.3) is 5.91 Å². The number of benzene rings is 1. The number of nitrogens with zero attached hydrogens (tertiary/aromatic N) is 1. The third-order valence-electron chi connectivity index (χ3n) is 2.74. The molecule has 1 aromatic heterocycles. The summed E-state index contributed by atoms with van der Waals surface area (Å²) >= 11 is 0. The molecule has 1 aromatic carbocycles. The lowest BCUT2D eigenvalue weighted by Gasteiger charge is -2.06. The molecule has 104 valence electrons. The monoisotopic (exact) mass is 276 g/mol. The third-order valence-corrected chi connectivity index (χ3v) is 2.74. The van der Waals surface area contributed by atoms with E-state index >= 15 is 0 Å². The van der Waals surface area contributed by atoms with E-state index in [-0.39, 0.29) is 12.5 Å². The number of hydrogen-bond donors (Lipinski definition) is 1. The van der Waals surface area contributed by atoms with Gasteiger partial charge in [0.1, 0.15) is 17.3 Å². The molecule has 20 heavy (non-hydrogen) atoms. The van der Waals surface area contributed by atoms with Crippen LogP contribution in [0.1, 0.15) is 21.7 Å². The van der Waals surface area contributed by atoms with Crippen molar-refractivity contribution in [3.8, 4) is 0 Å². The van der Waals surface area contributed by atoms with Gasteiger partial charge in [0.05, 0.1) is 0 Å². The van der Waals surface area contributed by atoms with Crippen LogP contribution in [0, 0.1) is 18.6 Å². The van der Waals surface area contributed by atoms with Crippen molar-refractivity contribution >= 4 is 5.91 Å². The summed E-state index contributed by atoms with van der Waals surface area (Å²) in [5.41, 5.74) is 1.58. The minimum Gasteiger partial charge on any atom is -0.350 e. The zero-order chi connectivity index (χ0) is 14.5. The summed E-state index contributed by atoms with van der Waals surface area (Å²) in [5.74, 6) is -1.54. The zero-order valence-electron chi connectivity index (χ0n) is 11.0. The maximum atomic E-state index is 13.0. The van der Waals surface area contributed by atoms with Crippen molar-refractivity contribution in [1.82, 2.24) is 10.3 Å². The molecule has 0 spiro atoms. The summed E-state index contributed by atoms with van der Waals surface area (Å²) in [7, 11) is 0. The van der Waals surface area contributed by atoms with Crippen molar-refractivity contribution in [2.24, 2.45) is 0 Å². The zero-order valence-corrected chi connectivity index (χ0v) is 11.0. The number of amides is 1. The van der Waals surface area contributed by atoms with Crippen molar-refractivity contribution in [3.05, 3.63) is 65.0 Å². The first-order chi connectivity index (χ1) is 9.54. The summed E-state index contributed by atoms with van der Waals surface area (Å²) in [4.78, 5) is 15.9. The Balaban J connectivity index is 1.91. The molecule has 5 heteroatoms. The number of halogens is 2. The lowest BCUT2D eigenvalue weighted by molar-refractivity contribution is 0.0949. The van der Waals surface area contributed by atoms with Gasteiger partial charge in [0.15, 0.2) is 0 Å². The van der Waals surface area contributed by atoms with Gasteiger partial charge in [-0.3, -0.25) is 4.79 Å². The van der Waals surface area contributed by atoms with Crippen molar-refractivity contribution in [1.29, 1.82) is 0 Å². The molecule has 1 N–H and O–H groups in total. The average Bonchev–Trinajstić information content (AvgIpc) is 2.37. The second-order valence-electron chi connectivity index (χ2n) is 4.45. The number of pyridine rings is 1. The van der Waals surface area contributed by atoms with Crippen LogP contribution in [0.25, 0.3) is 0 Å². The predicted molar refractivity (Wildman–Crippen MR) is 71.4 cm³/mol. The molecule has 3 nitrogen and oxygen atoms in total. The number of carbonyl (C=O) groups is 1. The Labute approximate surface area is 115 Å². The number of rotatable bonds is 4. The van der Waals surface area contributed by atoms with E-state index in [4.69, 9.17) is 0 Å². The summed E-state index contributed by atoms with van der Waals surface area (Å²) in [6.45, 7) is 2.09. The van der Waals surface area contributed by atoms with Crippen LogP contribution in [-0.2, 0) is 6.42 Å². The number of hydrogen-bond acceptors (Lipinski definition) is 2. The average molecular weight is 276 g/mol. The Morgan fingerprint density at radius 2 is 1.90 bits per heavy atom. The summed E-state index contributed by atoms with van der Waals surface area (Å²) < 4.78 is 26.0. The van der Waals surface area contributed by atoms with E-state index in [2.05, 4.69) is 10.3 Å².